The van der Waals surface area contributed by atoms with E-state index in [0.717, 1.165) is 81.4 Å². The zero-order chi connectivity index (χ0) is 24.0. The lowest BCUT2D eigenvalue weighted by atomic mass is 9.83. The number of fused-ring (bicyclic) bond motifs is 2. The molecule has 0 saturated heterocycles. The van der Waals surface area contributed by atoms with Crippen molar-refractivity contribution in [2.24, 2.45) is 0 Å². The van der Waals surface area contributed by atoms with Crippen molar-refractivity contribution in [2.45, 2.75) is 71.8 Å². The van der Waals surface area contributed by atoms with Crippen molar-refractivity contribution in [1.82, 2.24) is 14.5 Å². The first kappa shape index (κ1) is 23.1. The van der Waals surface area contributed by atoms with Crippen LogP contribution in [0.15, 0.2) is 33.2 Å². The minimum absolute atomic E-state index is 0.179. The standard InChI is InChI=1S/C27H30BrN3O3/c1-5-21-30-23-16(3)13-17(4)29-25(23)31(21)15-18-9-10-20-19(14-18)22(28)24(34-20)27(11-7-8-12-27)26(32)33-6-2/h9-10,13-14H,5-8,11-12,15H2,1-4H3. The van der Waals surface area contributed by atoms with E-state index in [9.17, 15) is 4.79 Å². The minimum atomic E-state index is -0.705. The van der Waals surface area contributed by atoms with Gasteiger partial charge in [-0.2, -0.15) is 0 Å². The molecule has 5 rings (SSSR count). The topological polar surface area (TPSA) is 70.2 Å². The number of halogens is 1. The first-order chi connectivity index (χ1) is 16.4. The second-order valence-corrected chi connectivity index (χ2v) is 10.1. The highest BCUT2D eigenvalue weighted by Crippen LogP contribution is 2.48. The van der Waals surface area contributed by atoms with Crippen molar-refractivity contribution >= 4 is 44.0 Å². The molecule has 0 radical (unpaired) electrons. The molecular formula is C27H30BrN3O3. The number of imidazole rings is 1. The van der Waals surface area contributed by atoms with Crippen LogP contribution in [0.2, 0.25) is 0 Å². The maximum atomic E-state index is 13.0. The number of furan rings is 1. The van der Waals surface area contributed by atoms with Gasteiger partial charge < -0.3 is 13.7 Å². The van der Waals surface area contributed by atoms with Gasteiger partial charge in [-0.25, -0.2) is 9.97 Å². The van der Waals surface area contributed by atoms with Crippen LogP contribution < -0.4 is 0 Å². The average Bonchev–Trinajstić information content (AvgIpc) is 3.52. The van der Waals surface area contributed by atoms with Gasteiger partial charge in [0.05, 0.1) is 17.6 Å². The number of carbonyl (C=O) groups is 1. The molecule has 1 aliphatic carbocycles. The number of carbonyl (C=O) groups excluding carboxylic acids is 1. The predicted molar refractivity (Wildman–Crippen MR) is 136 cm³/mol. The quantitative estimate of drug-likeness (QED) is 0.268. The van der Waals surface area contributed by atoms with Crippen molar-refractivity contribution < 1.29 is 13.9 Å². The average molecular weight is 524 g/mol. The molecule has 0 spiro atoms. The zero-order valence-electron chi connectivity index (χ0n) is 20.2. The third kappa shape index (κ3) is 3.65. The summed E-state index contributed by atoms with van der Waals surface area (Å²) in [4.78, 5) is 22.7. The molecule has 3 heterocycles. The Hall–Kier alpha value is -2.67. The lowest BCUT2D eigenvalue weighted by Gasteiger charge is -2.24. The van der Waals surface area contributed by atoms with Crippen LogP contribution in [0.3, 0.4) is 0 Å². The summed E-state index contributed by atoms with van der Waals surface area (Å²) in [6, 6.07) is 8.31. The fourth-order valence-corrected chi connectivity index (χ4v) is 6.13. The van der Waals surface area contributed by atoms with Gasteiger partial charge in [0.1, 0.15) is 28.1 Å². The Kier molecular flexibility index (Phi) is 6.00. The Balaban J connectivity index is 1.58. The van der Waals surface area contributed by atoms with Crippen LogP contribution in [0.5, 0.6) is 0 Å². The highest BCUT2D eigenvalue weighted by atomic mass is 79.9. The van der Waals surface area contributed by atoms with Gasteiger partial charge in [-0.15, -0.1) is 0 Å². The van der Waals surface area contributed by atoms with Crippen molar-refractivity contribution in [3.63, 3.8) is 0 Å². The summed E-state index contributed by atoms with van der Waals surface area (Å²) in [5, 5.41) is 0.978. The van der Waals surface area contributed by atoms with Crippen molar-refractivity contribution in [2.75, 3.05) is 6.61 Å². The van der Waals surface area contributed by atoms with Gasteiger partial charge in [0.15, 0.2) is 5.65 Å². The van der Waals surface area contributed by atoms with Crippen molar-refractivity contribution in [3.8, 4) is 0 Å². The molecule has 178 valence electrons. The van der Waals surface area contributed by atoms with Gasteiger partial charge in [-0.1, -0.05) is 25.8 Å². The van der Waals surface area contributed by atoms with E-state index in [1.54, 1.807) is 0 Å². The molecule has 1 fully saturated rings. The molecule has 0 N–H and O–H groups in total. The summed E-state index contributed by atoms with van der Waals surface area (Å²) < 4.78 is 14.9. The second kappa shape index (κ2) is 8.84. The maximum Gasteiger partial charge on any atom is 0.319 e. The number of rotatable bonds is 6. The predicted octanol–water partition coefficient (Wildman–Crippen LogP) is 6.54. The normalized spacial score (nSPS) is 15.4. The van der Waals surface area contributed by atoms with Gasteiger partial charge in [0.25, 0.3) is 0 Å². The fraction of sp³-hybridized carbons (Fsp3) is 0.444. The molecule has 1 saturated carbocycles. The zero-order valence-corrected chi connectivity index (χ0v) is 21.8. The molecule has 1 aromatic carbocycles. The summed E-state index contributed by atoms with van der Waals surface area (Å²) in [6.45, 7) is 9.12. The molecule has 0 atom stereocenters. The summed E-state index contributed by atoms with van der Waals surface area (Å²) >= 11 is 3.78. The van der Waals surface area contributed by atoms with E-state index >= 15 is 0 Å². The van der Waals surface area contributed by atoms with Gasteiger partial charge in [-0.05, 0) is 78.9 Å². The molecule has 1 aliphatic rings. The van der Waals surface area contributed by atoms with Gasteiger partial charge >= 0.3 is 5.97 Å². The highest BCUT2D eigenvalue weighted by Gasteiger charge is 2.48. The first-order valence-corrected chi connectivity index (χ1v) is 12.9. The monoisotopic (exact) mass is 523 g/mol. The second-order valence-electron chi connectivity index (χ2n) is 9.31. The number of nitrogens with zero attached hydrogens (tertiary/aromatic N) is 3. The lowest BCUT2D eigenvalue weighted by molar-refractivity contribution is -0.150. The van der Waals surface area contributed by atoms with Crippen LogP contribution in [0.4, 0.5) is 0 Å². The summed E-state index contributed by atoms with van der Waals surface area (Å²) in [7, 11) is 0. The highest BCUT2D eigenvalue weighted by molar-refractivity contribution is 9.10. The van der Waals surface area contributed by atoms with Crippen LogP contribution in [-0.2, 0) is 27.9 Å². The summed E-state index contributed by atoms with van der Waals surface area (Å²) in [6.07, 6.45) is 4.32. The molecule has 6 nitrogen and oxygen atoms in total. The lowest BCUT2D eigenvalue weighted by Crippen LogP contribution is -2.34. The fourth-order valence-electron chi connectivity index (χ4n) is 5.36. The SMILES string of the molecule is CCOC(=O)C1(c2oc3ccc(Cn4c(CC)nc5c(C)cc(C)nc54)cc3c2Br)CCCC1. The van der Waals surface area contributed by atoms with Crippen LogP contribution >= 0.6 is 15.9 Å². The Labute approximate surface area is 207 Å². The first-order valence-electron chi connectivity index (χ1n) is 12.1. The Morgan fingerprint density at radius 3 is 2.65 bits per heavy atom. The number of hydrogen-bond donors (Lipinski definition) is 0. The molecule has 0 amide bonds. The summed E-state index contributed by atoms with van der Waals surface area (Å²) in [5.41, 5.74) is 5.23. The van der Waals surface area contributed by atoms with Gasteiger partial charge in [0, 0.05) is 17.5 Å². The third-order valence-corrected chi connectivity index (χ3v) is 7.80. The van der Waals surface area contributed by atoms with Crippen LogP contribution in [0, 0.1) is 13.8 Å². The van der Waals surface area contributed by atoms with E-state index < -0.39 is 5.41 Å². The Bertz CT molecular complexity index is 1400. The molecular weight excluding hydrogens is 494 g/mol. The molecule has 0 bridgehead atoms. The summed E-state index contributed by atoms with van der Waals surface area (Å²) in [5.74, 6) is 1.54. The third-order valence-electron chi connectivity index (χ3n) is 7.01. The van der Waals surface area contributed by atoms with E-state index in [0.29, 0.717) is 18.9 Å². The van der Waals surface area contributed by atoms with E-state index in [1.165, 1.54) is 0 Å². The van der Waals surface area contributed by atoms with Crippen LogP contribution in [0.1, 0.15) is 67.9 Å². The molecule has 7 heteroatoms. The van der Waals surface area contributed by atoms with Gasteiger partial charge in [-0.3, -0.25) is 4.79 Å². The number of aromatic nitrogens is 3. The van der Waals surface area contributed by atoms with Crippen LogP contribution in [-0.4, -0.2) is 27.1 Å². The van der Waals surface area contributed by atoms with E-state index in [-0.39, 0.29) is 5.97 Å². The van der Waals surface area contributed by atoms with E-state index in [2.05, 4.69) is 52.5 Å². The van der Waals surface area contributed by atoms with E-state index in [4.69, 9.17) is 19.1 Å². The molecule has 4 aromatic rings. The number of esters is 1. The number of hydrogen-bond acceptors (Lipinski definition) is 5. The Morgan fingerprint density at radius 1 is 1.18 bits per heavy atom. The largest absolute Gasteiger partial charge is 0.465 e. The maximum absolute atomic E-state index is 13.0. The van der Waals surface area contributed by atoms with Gasteiger partial charge in [0.2, 0.25) is 0 Å². The number of pyridine rings is 1. The molecule has 3 aromatic heterocycles. The molecule has 0 unspecified atom stereocenters. The Morgan fingerprint density at radius 2 is 1.94 bits per heavy atom. The number of ether oxygens (including phenoxy) is 1. The van der Waals surface area contributed by atoms with E-state index in [1.807, 2.05) is 19.9 Å². The molecule has 0 aliphatic heterocycles. The minimum Gasteiger partial charge on any atom is -0.465 e. The van der Waals surface area contributed by atoms with Crippen molar-refractivity contribution in [3.05, 3.63) is 57.1 Å². The number of benzene rings is 1. The van der Waals surface area contributed by atoms with Crippen molar-refractivity contribution in [1.29, 1.82) is 0 Å². The molecule has 34 heavy (non-hydrogen) atoms. The number of aryl methyl sites for hydroxylation is 3. The van der Waals surface area contributed by atoms with Crippen LogP contribution in [0.25, 0.3) is 22.1 Å². The smallest absolute Gasteiger partial charge is 0.319 e.